The van der Waals surface area contributed by atoms with Crippen LogP contribution in [0.3, 0.4) is 0 Å². The van der Waals surface area contributed by atoms with Crippen LogP contribution in [-0.2, 0) is 5.60 Å². The van der Waals surface area contributed by atoms with Gasteiger partial charge in [0.05, 0.1) is 0 Å². The van der Waals surface area contributed by atoms with E-state index in [9.17, 15) is 18.3 Å². The fraction of sp³-hybridized carbons (Fsp3) is 0.231. The van der Waals surface area contributed by atoms with E-state index in [4.69, 9.17) is 0 Å². The highest BCUT2D eigenvalue weighted by Crippen LogP contribution is 2.46. The summed E-state index contributed by atoms with van der Waals surface area (Å²) in [6, 6.07) is 8.79. The standard InChI is InChI=1S/C13H11F3OS/c1-9-5-2-3-6-10(9)12(17,13(14,15)16)11-7-4-8-18-11/h2-8,17H,1H3. The molecule has 1 aromatic carbocycles. The number of thiophene rings is 1. The molecule has 1 N–H and O–H groups in total. The predicted octanol–water partition coefficient (Wildman–Crippen LogP) is 3.85. The molecule has 0 amide bonds. The first-order valence-corrected chi connectivity index (χ1v) is 6.14. The van der Waals surface area contributed by atoms with E-state index in [2.05, 4.69) is 0 Å². The van der Waals surface area contributed by atoms with Gasteiger partial charge in [0.1, 0.15) is 0 Å². The number of alkyl halides is 3. The van der Waals surface area contributed by atoms with E-state index in [0.29, 0.717) is 5.56 Å². The molecule has 18 heavy (non-hydrogen) atoms. The summed E-state index contributed by atoms with van der Waals surface area (Å²) < 4.78 is 39.9. The summed E-state index contributed by atoms with van der Waals surface area (Å²) in [6.45, 7) is 1.56. The normalized spacial score (nSPS) is 15.4. The van der Waals surface area contributed by atoms with Gasteiger partial charge in [-0.2, -0.15) is 13.2 Å². The van der Waals surface area contributed by atoms with Crippen molar-refractivity contribution in [1.29, 1.82) is 0 Å². The Hall–Kier alpha value is -1.33. The first kappa shape index (κ1) is 13.1. The van der Waals surface area contributed by atoms with Gasteiger partial charge in [0.2, 0.25) is 5.60 Å². The molecule has 1 heterocycles. The van der Waals surface area contributed by atoms with Gasteiger partial charge in [0.15, 0.2) is 0 Å². The lowest BCUT2D eigenvalue weighted by Crippen LogP contribution is -2.43. The van der Waals surface area contributed by atoms with Crippen molar-refractivity contribution in [1.82, 2.24) is 0 Å². The molecular formula is C13H11F3OS. The van der Waals surface area contributed by atoms with Crippen molar-refractivity contribution in [2.24, 2.45) is 0 Å². The molecule has 0 saturated carbocycles. The third-order valence-electron chi connectivity index (χ3n) is 2.82. The molecule has 0 saturated heterocycles. The molecule has 0 aliphatic carbocycles. The number of benzene rings is 1. The molecule has 0 spiro atoms. The van der Waals surface area contributed by atoms with Crippen LogP contribution in [0.5, 0.6) is 0 Å². The average molecular weight is 272 g/mol. The van der Waals surface area contributed by atoms with E-state index in [-0.39, 0.29) is 10.4 Å². The largest absolute Gasteiger partial charge is 0.426 e. The van der Waals surface area contributed by atoms with Gasteiger partial charge in [0.25, 0.3) is 0 Å². The predicted molar refractivity (Wildman–Crippen MR) is 64.6 cm³/mol. The zero-order valence-electron chi connectivity index (χ0n) is 9.53. The molecule has 1 aromatic heterocycles. The topological polar surface area (TPSA) is 20.2 Å². The van der Waals surface area contributed by atoms with Crippen molar-refractivity contribution >= 4 is 11.3 Å². The van der Waals surface area contributed by atoms with Crippen LogP contribution in [0.25, 0.3) is 0 Å². The van der Waals surface area contributed by atoms with E-state index >= 15 is 0 Å². The molecular weight excluding hydrogens is 261 g/mol. The number of halogens is 3. The quantitative estimate of drug-likeness (QED) is 0.880. The Kier molecular flexibility index (Phi) is 3.21. The molecule has 1 unspecified atom stereocenters. The number of hydrogen-bond acceptors (Lipinski definition) is 2. The summed E-state index contributed by atoms with van der Waals surface area (Å²) >= 11 is 0.890. The minimum atomic E-state index is -4.76. The van der Waals surface area contributed by atoms with Crippen LogP contribution in [0.2, 0.25) is 0 Å². The molecule has 0 fully saturated rings. The summed E-state index contributed by atoms with van der Waals surface area (Å²) in [5.41, 5.74) is -2.65. The highest BCUT2D eigenvalue weighted by molar-refractivity contribution is 7.10. The molecule has 0 bridgehead atoms. The van der Waals surface area contributed by atoms with E-state index in [0.717, 1.165) is 11.3 Å². The molecule has 96 valence electrons. The zero-order chi connectivity index (χ0) is 13.4. The third-order valence-corrected chi connectivity index (χ3v) is 3.80. The lowest BCUT2D eigenvalue weighted by Gasteiger charge is -2.31. The highest BCUT2D eigenvalue weighted by Gasteiger charge is 2.57. The monoisotopic (exact) mass is 272 g/mol. The van der Waals surface area contributed by atoms with Crippen LogP contribution in [-0.4, -0.2) is 11.3 Å². The Balaban J connectivity index is 2.69. The summed E-state index contributed by atoms with van der Waals surface area (Å²) in [4.78, 5) is -0.121. The number of rotatable bonds is 2. The summed E-state index contributed by atoms with van der Waals surface area (Å²) in [6.07, 6.45) is -4.76. The minimum Gasteiger partial charge on any atom is -0.372 e. The van der Waals surface area contributed by atoms with Crippen molar-refractivity contribution in [3.05, 3.63) is 57.8 Å². The number of hydrogen-bond donors (Lipinski definition) is 1. The van der Waals surface area contributed by atoms with Crippen LogP contribution < -0.4 is 0 Å². The smallest absolute Gasteiger partial charge is 0.372 e. The SMILES string of the molecule is Cc1ccccc1C(O)(c1cccs1)C(F)(F)F. The fourth-order valence-electron chi connectivity index (χ4n) is 1.89. The van der Waals surface area contributed by atoms with E-state index in [1.807, 2.05) is 0 Å². The second-order valence-corrected chi connectivity index (χ2v) is 4.95. The molecule has 0 aliphatic heterocycles. The van der Waals surface area contributed by atoms with E-state index < -0.39 is 11.8 Å². The van der Waals surface area contributed by atoms with Crippen LogP contribution >= 0.6 is 11.3 Å². The lowest BCUT2D eigenvalue weighted by molar-refractivity contribution is -0.247. The fourth-order valence-corrected chi connectivity index (χ4v) is 2.75. The number of aryl methyl sites for hydroxylation is 1. The zero-order valence-corrected chi connectivity index (χ0v) is 10.3. The van der Waals surface area contributed by atoms with Crippen molar-refractivity contribution in [3.8, 4) is 0 Å². The van der Waals surface area contributed by atoms with E-state index in [1.165, 1.54) is 29.6 Å². The van der Waals surface area contributed by atoms with Gasteiger partial charge in [-0.15, -0.1) is 11.3 Å². The first-order valence-electron chi connectivity index (χ1n) is 5.26. The van der Waals surface area contributed by atoms with Crippen molar-refractivity contribution in [2.45, 2.75) is 18.7 Å². The van der Waals surface area contributed by atoms with Crippen LogP contribution in [0, 0.1) is 6.92 Å². The van der Waals surface area contributed by atoms with Gasteiger partial charge in [-0.3, -0.25) is 0 Å². The van der Waals surface area contributed by atoms with Crippen molar-refractivity contribution in [2.75, 3.05) is 0 Å². The highest BCUT2D eigenvalue weighted by atomic mass is 32.1. The van der Waals surface area contributed by atoms with Gasteiger partial charge >= 0.3 is 6.18 Å². The van der Waals surface area contributed by atoms with Gasteiger partial charge < -0.3 is 5.11 Å². The van der Waals surface area contributed by atoms with Crippen LogP contribution in [0.4, 0.5) is 13.2 Å². The Morgan fingerprint density at radius 2 is 1.72 bits per heavy atom. The van der Waals surface area contributed by atoms with Crippen molar-refractivity contribution in [3.63, 3.8) is 0 Å². The average Bonchev–Trinajstić information content (AvgIpc) is 2.80. The van der Waals surface area contributed by atoms with Gasteiger partial charge in [-0.05, 0) is 23.9 Å². The Bertz CT molecular complexity index is 533. The second kappa shape index (κ2) is 4.40. The maximum atomic E-state index is 13.3. The van der Waals surface area contributed by atoms with Crippen molar-refractivity contribution < 1.29 is 18.3 Å². The Labute approximate surface area is 107 Å². The van der Waals surface area contributed by atoms with E-state index in [1.54, 1.807) is 19.1 Å². The molecule has 5 heteroatoms. The lowest BCUT2D eigenvalue weighted by atomic mass is 9.88. The third kappa shape index (κ3) is 1.93. The first-order chi connectivity index (χ1) is 8.37. The maximum absolute atomic E-state index is 13.3. The molecule has 0 aliphatic rings. The number of aliphatic hydroxyl groups is 1. The summed E-state index contributed by atoms with van der Waals surface area (Å²) in [5, 5.41) is 11.8. The molecule has 0 radical (unpaired) electrons. The maximum Gasteiger partial charge on any atom is 0.426 e. The summed E-state index contributed by atoms with van der Waals surface area (Å²) in [5.74, 6) is 0. The second-order valence-electron chi connectivity index (χ2n) is 4.00. The Morgan fingerprint density at radius 3 is 2.22 bits per heavy atom. The molecule has 2 aromatic rings. The molecule has 2 rings (SSSR count). The Morgan fingerprint density at radius 1 is 1.06 bits per heavy atom. The van der Waals surface area contributed by atoms with Gasteiger partial charge in [-0.25, -0.2) is 0 Å². The minimum absolute atomic E-state index is 0.121. The summed E-state index contributed by atoms with van der Waals surface area (Å²) in [7, 11) is 0. The van der Waals surface area contributed by atoms with Gasteiger partial charge in [0, 0.05) is 10.4 Å². The molecule has 1 nitrogen and oxygen atoms in total. The molecule has 1 atom stereocenters. The van der Waals surface area contributed by atoms with Gasteiger partial charge in [-0.1, -0.05) is 30.3 Å². The van der Waals surface area contributed by atoms with Crippen LogP contribution in [0.15, 0.2) is 41.8 Å². The van der Waals surface area contributed by atoms with Crippen LogP contribution in [0.1, 0.15) is 16.0 Å².